The van der Waals surface area contributed by atoms with Gasteiger partial charge in [0.1, 0.15) is 0 Å². The Bertz CT molecular complexity index is 591. The highest BCUT2D eigenvalue weighted by Crippen LogP contribution is 2.23. The van der Waals surface area contributed by atoms with E-state index in [9.17, 15) is 4.79 Å². The minimum atomic E-state index is -0.0613. The lowest BCUT2D eigenvalue weighted by Gasteiger charge is -2.27. The third-order valence-corrected chi connectivity index (χ3v) is 3.28. The lowest BCUT2D eigenvalue weighted by Crippen LogP contribution is -2.30. The second-order valence-electron chi connectivity index (χ2n) is 4.52. The summed E-state index contributed by atoms with van der Waals surface area (Å²) in [7, 11) is 1.80. The highest BCUT2D eigenvalue weighted by Gasteiger charge is 2.22. The summed E-state index contributed by atoms with van der Waals surface area (Å²) in [6.45, 7) is 5.66. The summed E-state index contributed by atoms with van der Waals surface area (Å²) in [4.78, 5) is 18.3. The first-order valence-corrected chi connectivity index (χ1v) is 6.51. The third-order valence-electron chi connectivity index (χ3n) is 3.28. The van der Waals surface area contributed by atoms with E-state index in [0.29, 0.717) is 5.56 Å². The molecule has 0 fully saturated rings. The van der Waals surface area contributed by atoms with Crippen molar-refractivity contribution in [2.24, 2.45) is 0 Å². The van der Waals surface area contributed by atoms with Gasteiger partial charge in [-0.25, -0.2) is 4.68 Å². The van der Waals surface area contributed by atoms with Gasteiger partial charge in [-0.05, 0) is 18.1 Å². The molecular formula is C15H18N4O. The van der Waals surface area contributed by atoms with Crippen molar-refractivity contribution in [2.45, 2.75) is 19.4 Å². The summed E-state index contributed by atoms with van der Waals surface area (Å²) >= 11 is 0. The van der Waals surface area contributed by atoms with Crippen LogP contribution in [0.4, 0.5) is 0 Å². The molecule has 1 amide bonds. The molecule has 104 valence electrons. The van der Waals surface area contributed by atoms with Gasteiger partial charge in [-0.15, -0.1) is 0 Å². The maximum absolute atomic E-state index is 12.5. The fraction of sp³-hybridized carbons (Fsp3) is 0.267. The minimum absolute atomic E-state index is 0.00304. The lowest BCUT2D eigenvalue weighted by atomic mass is 10.0. The zero-order valence-electron chi connectivity index (χ0n) is 11.7. The second-order valence-corrected chi connectivity index (χ2v) is 4.52. The van der Waals surface area contributed by atoms with Crippen LogP contribution in [-0.2, 0) is 0 Å². The first kappa shape index (κ1) is 14.0. The molecule has 1 atom stereocenters. The number of amides is 1. The van der Waals surface area contributed by atoms with E-state index in [4.69, 9.17) is 0 Å². The topological polar surface area (TPSA) is 51.0 Å². The maximum Gasteiger partial charge on any atom is 0.257 e. The molecule has 0 saturated heterocycles. The molecule has 20 heavy (non-hydrogen) atoms. The van der Waals surface area contributed by atoms with Crippen molar-refractivity contribution in [3.63, 3.8) is 0 Å². The SMILES string of the molecule is C=Cn1cc(C(=O)N(C)C(CC)c2cccnc2)cn1. The average molecular weight is 270 g/mol. The van der Waals surface area contributed by atoms with E-state index in [2.05, 4.69) is 23.6 Å². The summed E-state index contributed by atoms with van der Waals surface area (Å²) in [5.41, 5.74) is 1.58. The van der Waals surface area contributed by atoms with E-state index in [1.165, 1.54) is 4.68 Å². The van der Waals surface area contributed by atoms with Crippen LogP contribution >= 0.6 is 0 Å². The van der Waals surface area contributed by atoms with Gasteiger partial charge in [0.05, 0.1) is 17.8 Å². The molecule has 0 saturated carbocycles. The molecule has 0 aromatic carbocycles. The van der Waals surface area contributed by atoms with Crippen LogP contribution in [0.3, 0.4) is 0 Å². The van der Waals surface area contributed by atoms with Crippen molar-refractivity contribution < 1.29 is 4.79 Å². The van der Waals surface area contributed by atoms with Crippen LogP contribution in [0.1, 0.15) is 35.3 Å². The Morgan fingerprint density at radius 1 is 1.55 bits per heavy atom. The Balaban J connectivity index is 2.22. The summed E-state index contributed by atoms with van der Waals surface area (Å²) < 4.78 is 1.52. The summed E-state index contributed by atoms with van der Waals surface area (Å²) in [5, 5.41) is 4.03. The van der Waals surface area contributed by atoms with E-state index < -0.39 is 0 Å². The van der Waals surface area contributed by atoms with E-state index in [0.717, 1.165) is 12.0 Å². The molecular weight excluding hydrogens is 252 g/mol. The number of pyridine rings is 1. The number of carbonyl (C=O) groups is 1. The van der Waals surface area contributed by atoms with Gasteiger partial charge in [-0.1, -0.05) is 19.6 Å². The summed E-state index contributed by atoms with van der Waals surface area (Å²) in [5.74, 6) is -0.0613. The maximum atomic E-state index is 12.5. The van der Waals surface area contributed by atoms with E-state index in [1.54, 1.807) is 42.9 Å². The van der Waals surface area contributed by atoms with Crippen LogP contribution in [0.2, 0.25) is 0 Å². The average Bonchev–Trinajstić information content (AvgIpc) is 2.97. The summed E-state index contributed by atoms with van der Waals surface area (Å²) in [6, 6.07) is 3.87. The molecule has 5 nitrogen and oxygen atoms in total. The predicted octanol–water partition coefficient (Wildman–Crippen LogP) is 2.60. The lowest BCUT2D eigenvalue weighted by molar-refractivity contribution is 0.0726. The number of rotatable bonds is 5. The van der Waals surface area contributed by atoms with Crippen LogP contribution < -0.4 is 0 Å². The van der Waals surface area contributed by atoms with Crippen molar-refractivity contribution in [3.8, 4) is 0 Å². The molecule has 0 bridgehead atoms. The first-order chi connectivity index (χ1) is 9.67. The van der Waals surface area contributed by atoms with Crippen LogP contribution in [0, 0.1) is 0 Å². The Kier molecular flexibility index (Phi) is 4.30. The molecule has 0 N–H and O–H groups in total. The standard InChI is InChI=1S/C15H18N4O/c1-4-14(12-7-6-8-16-9-12)18(3)15(20)13-10-17-19(5-2)11-13/h5-11,14H,2,4H2,1,3H3. The number of aromatic nitrogens is 3. The molecule has 0 aliphatic heterocycles. The Labute approximate surface area is 118 Å². The normalized spacial score (nSPS) is 11.9. The molecule has 2 rings (SSSR count). The highest BCUT2D eigenvalue weighted by atomic mass is 16.2. The van der Waals surface area contributed by atoms with Crippen LogP contribution in [0.15, 0.2) is 43.5 Å². The Morgan fingerprint density at radius 3 is 2.90 bits per heavy atom. The molecule has 5 heteroatoms. The van der Waals surface area contributed by atoms with Gasteiger partial charge < -0.3 is 4.90 Å². The molecule has 0 spiro atoms. The largest absolute Gasteiger partial charge is 0.335 e. The van der Waals surface area contributed by atoms with Gasteiger partial charge in [-0.3, -0.25) is 9.78 Å². The van der Waals surface area contributed by atoms with Crippen molar-refractivity contribution >= 4 is 12.1 Å². The number of hydrogen-bond acceptors (Lipinski definition) is 3. The predicted molar refractivity (Wildman–Crippen MR) is 78.0 cm³/mol. The van der Waals surface area contributed by atoms with Crippen LogP contribution in [0.5, 0.6) is 0 Å². The van der Waals surface area contributed by atoms with Gasteiger partial charge >= 0.3 is 0 Å². The van der Waals surface area contributed by atoms with Crippen molar-refractivity contribution in [1.82, 2.24) is 19.7 Å². The van der Waals surface area contributed by atoms with E-state index in [1.807, 2.05) is 12.1 Å². The van der Waals surface area contributed by atoms with Gasteiger partial charge in [0.15, 0.2) is 0 Å². The van der Waals surface area contributed by atoms with Crippen LogP contribution in [-0.4, -0.2) is 32.6 Å². The highest BCUT2D eigenvalue weighted by molar-refractivity contribution is 5.93. The number of carbonyl (C=O) groups excluding carboxylic acids is 1. The molecule has 0 radical (unpaired) electrons. The third kappa shape index (κ3) is 2.77. The number of nitrogens with zero attached hydrogens (tertiary/aromatic N) is 4. The smallest absolute Gasteiger partial charge is 0.257 e. The zero-order chi connectivity index (χ0) is 14.5. The van der Waals surface area contributed by atoms with E-state index in [-0.39, 0.29) is 11.9 Å². The Morgan fingerprint density at radius 2 is 2.35 bits per heavy atom. The van der Waals surface area contributed by atoms with Gasteiger partial charge in [0.25, 0.3) is 5.91 Å². The molecule has 0 aliphatic rings. The van der Waals surface area contributed by atoms with Gasteiger partial charge in [-0.2, -0.15) is 5.10 Å². The Hall–Kier alpha value is -2.43. The molecule has 1 unspecified atom stereocenters. The fourth-order valence-corrected chi connectivity index (χ4v) is 2.20. The summed E-state index contributed by atoms with van der Waals surface area (Å²) in [6.07, 6.45) is 9.12. The monoisotopic (exact) mass is 270 g/mol. The molecule has 2 heterocycles. The van der Waals surface area contributed by atoms with Crippen LogP contribution in [0.25, 0.3) is 6.20 Å². The second kappa shape index (κ2) is 6.14. The van der Waals surface area contributed by atoms with Crippen molar-refractivity contribution in [2.75, 3.05) is 7.05 Å². The molecule has 0 aliphatic carbocycles. The number of hydrogen-bond donors (Lipinski definition) is 0. The fourth-order valence-electron chi connectivity index (χ4n) is 2.20. The van der Waals surface area contributed by atoms with Crippen molar-refractivity contribution in [3.05, 3.63) is 54.6 Å². The van der Waals surface area contributed by atoms with Crippen molar-refractivity contribution in [1.29, 1.82) is 0 Å². The quantitative estimate of drug-likeness (QED) is 0.839. The molecule has 2 aromatic rings. The minimum Gasteiger partial charge on any atom is -0.335 e. The van der Waals surface area contributed by atoms with Gasteiger partial charge in [0, 0.05) is 31.8 Å². The molecule has 2 aromatic heterocycles. The van der Waals surface area contributed by atoms with Gasteiger partial charge in [0.2, 0.25) is 0 Å². The first-order valence-electron chi connectivity index (χ1n) is 6.51. The zero-order valence-corrected chi connectivity index (χ0v) is 11.7. The van der Waals surface area contributed by atoms with E-state index >= 15 is 0 Å².